The van der Waals surface area contributed by atoms with E-state index in [4.69, 9.17) is 5.26 Å². The highest BCUT2D eigenvalue weighted by molar-refractivity contribution is 5.89. The fourth-order valence-corrected chi connectivity index (χ4v) is 2.96. The molecule has 0 saturated carbocycles. The van der Waals surface area contributed by atoms with Crippen molar-refractivity contribution < 1.29 is 4.79 Å². The van der Waals surface area contributed by atoms with Gasteiger partial charge in [0.2, 0.25) is 5.91 Å². The van der Waals surface area contributed by atoms with Crippen molar-refractivity contribution in [3.63, 3.8) is 0 Å². The second-order valence-corrected chi connectivity index (χ2v) is 6.61. The largest absolute Gasteiger partial charge is 0.347 e. The monoisotopic (exact) mass is 325 g/mol. The summed E-state index contributed by atoms with van der Waals surface area (Å²) in [5, 5.41) is 10.00. The Bertz CT molecular complexity index is 724. The zero-order valence-corrected chi connectivity index (χ0v) is 15.0. The van der Waals surface area contributed by atoms with Crippen molar-refractivity contribution in [3.05, 3.63) is 36.0 Å². The summed E-state index contributed by atoms with van der Waals surface area (Å²) >= 11 is 0. The number of fused-ring (bicyclic) bond motifs is 1. The third-order valence-electron chi connectivity index (χ3n) is 4.38. The lowest BCUT2D eigenvalue weighted by atomic mass is 10.1. The molecular weight excluding hydrogens is 298 g/mol. The predicted molar refractivity (Wildman–Crippen MR) is 97.6 cm³/mol. The van der Waals surface area contributed by atoms with Crippen molar-refractivity contribution in [3.8, 4) is 6.07 Å². The maximum absolute atomic E-state index is 12.8. The Balaban J connectivity index is 2.18. The number of hydrogen-bond donors (Lipinski definition) is 0. The lowest BCUT2D eigenvalue weighted by Crippen LogP contribution is -2.34. The van der Waals surface area contributed by atoms with Gasteiger partial charge in [-0.3, -0.25) is 4.79 Å². The second kappa shape index (κ2) is 8.54. The van der Waals surface area contributed by atoms with Gasteiger partial charge in [-0.05, 0) is 30.9 Å². The van der Waals surface area contributed by atoms with E-state index in [2.05, 4.69) is 49.7 Å². The van der Waals surface area contributed by atoms with Crippen LogP contribution >= 0.6 is 0 Å². The van der Waals surface area contributed by atoms with Gasteiger partial charge in [0.15, 0.2) is 0 Å². The van der Waals surface area contributed by atoms with Crippen molar-refractivity contribution in [1.29, 1.82) is 5.26 Å². The number of para-hydroxylation sites is 1. The van der Waals surface area contributed by atoms with Crippen LogP contribution in [0.4, 0.5) is 0 Å². The van der Waals surface area contributed by atoms with Gasteiger partial charge in [-0.1, -0.05) is 32.0 Å². The van der Waals surface area contributed by atoms with Crippen LogP contribution in [0.1, 0.15) is 39.2 Å². The van der Waals surface area contributed by atoms with Gasteiger partial charge in [0.25, 0.3) is 0 Å². The summed E-state index contributed by atoms with van der Waals surface area (Å²) in [5.41, 5.74) is 2.25. The van der Waals surface area contributed by atoms with Crippen LogP contribution in [-0.4, -0.2) is 28.5 Å². The summed E-state index contributed by atoms with van der Waals surface area (Å²) in [7, 11) is 0. The maximum atomic E-state index is 12.8. The molecule has 4 heteroatoms. The summed E-state index contributed by atoms with van der Waals surface area (Å²) in [5.74, 6) is 0.661. The fraction of sp³-hybridized carbons (Fsp3) is 0.500. The molecule has 0 aliphatic carbocycles. The Morgan fingerprint density at radius 1 is 1.29 bits per heavy atom. The molecule has 0 radical (unpaired) electrons. The van der Waals surface area contributed by atoms with Crippen molar-refractivity contribution >= 4 is 16.8 Å². The van der Waals surface area contributed by atoms with Crippen LogP contribution in [0.5, 0.6) is 0 Å². The first-order chi connectivity index (χ1) is 11.6. The van der Waals surface area contributed by atoms with Crippen LogP contribution in [0.25, 0.3) is 10.9 Å². The lowest BCUT2D eigenvalue weighted by Gasteiger charge is -2.22. The number of carbonyl (C=O) groups excluding carboxylic acids is 1. The van der Waals surface area contributed by atoms with E-state index in [1.54, 1.807) is 0 Å². The second-order valence-electron chi connectivity index (χ2n) is 6.61. The maximum Gasteiger partial charge on any atom is 0.227 e. The normalized spacial score (nSPS) is 11.0. The molecule has 0 aliphatic heterocycles. The van der Waals surface area contributed by atoms with E-state index in [0.29, 0.717) is 25.3 Å². The van der Waals surface area contributed by atoms with E-state index in [1.807, 2.05) is 17.0 Å². The van der Waals surface area contributed by atoms with Crippen LogP contribution in [0.3, 0.4) is 0 Å². The van der Waals surface area contributed by atoms with Crippen LogP contribution < -0.4 is 0 Å². The standard InChI is InChI=1S/C20H27N3O/c1-4-22-15-17(18-8-5-6-9-19(18)22)14-20(24)23(12-7-11-21)13-10-16(2)3/h5-6,8-9,15-16H,4,7,10,12-14H2,1-3H3. The molecule has 0 N–H and O–H groups in total. The van der Waals surface area contributed by atoms with Gasteiger partial charge in [0.05, 0.1) is 18.9 Å². The van der Waals surface area contributed by atoms with Gasteiger partial charge in [0.1, 0.15) is 0 Å². The number of hydrogen-bond acceptors (Lipinski definition) is 2. The molecular formula is C20H27N3O. The van der Waals surface area contributed by atoms with Gasteiger partial charge in [-0.25, -0.2) is 0 Å². The van der Waals surface area contributed by atoms with Gasteiger partial charge >= 0.3 is 0 Å². The van der Waals surface area contributed by atoms with Crippen molar-refractivity contribution in [1.82, 2.24) is 9.47 Å². The van der Waals surface area contributed by atoms with Crippen molar-refractivity contribution in [2.45, 2.75) is 46.6 Å². The molecule has 1 amide bonds. The summed E-state index contributed by atoms with van der Waals surface area (Å²) in [6.45, 7) is 8.56. The van der Waals surface area contributed by atoms with Crippen LogP contribution in [-0.2, 0) is 17.8 Å². The third kappa shape index (κ3) is 4.38. The SMILES string of the molecule is CCn1cc(CC(=O)N(CCC#N)CCC(C)C)c2ccccc21. The number of amides is 1. The topological polar surface area (TPSA) is 49.0 Å². The summed E-state index contributed by atoms with van der Waals surface area (Å²) in [6.07, 6.45) is 3.85. The fourth-order valence-electron chi connectivity index (χ4n) is 2.96. The van der Waals surface area contributed by atoms with Crippen molar-refractivity contribution in [2.75, 3.05) is 13.1 Å². The third-order valence-corrected chi connectivity index (χ3v) is 4.38. The molecule has 1 aromatic heterocycles. The van der Waals surface area contributed by atoms with E-state index >= 15 is 0 Å². The average molecular weight is 325 g/mol. The number of nitriles is 1. The van der Waals surface area contributed by atoms with E-state index in [-0.39, 0.29) is 5.91 Å². The predicted octanol–water partition coefficient (Wildman–Crippen LogP) is 3.99. The van der Waals surface area contributed by atoms with Gasteiger partial charge < -0.3 is 9.47 Å². The molecule has 0 atom stereocenters. The number of rotatable bonds is 8. The van der Waals surface area contributed by atoms with Gasteiger partial charge in [-0.15, -0.1) is 0 Å². The highest BCUT2D eigenvalue weighted by atomic mass is 16.2. The molecule has 2 aromatic rings. The van der Waals surface area contributed by atoms with E-state index in [1.165, 1.54) is 5.52 Å². The molecule has 0 unspecified atom stereocenters. The molecule has 4 nitrogen and oxygen atoms in total. The molecule has 0 aliphatic rings. The first-order valence-electron chi connectivity index (χ1n) is 8.78. The molecule has 0 saturated heterocycles. The number of benzene rings is 1. The Labute approximate surface area is 144 Å². The molecule has 0 spiro atoms. The molecule has 0 fully saturated rings. The molecule has 1 aromatic carbocycles. The average Bonchev–Trinajstić information content (AvgIpc) is 2.92. The number of aromatic nitrogens is 1. The number of nitrogens with zero attached hydrogens (tertiary/aromatic N) is 3. The Morgan fingerprint density at radius 2 is 2.04 bits per heavy atom. The first-order valence-corrected chi connectivity index (χ1v) is 8.78. The van der Waals surface area contributed by atoms with E-state index in [9.17, 15) is 4.79 Å². The Kier molecular flexibility index (Phi) is 6.43. The quantitative estimate of drug-likeness (QED) is 0.737. The summed E-state index contributed by atoms with van der Waals surface area (Å²) < 4.78 is 2.19. The molecule has 0 bridgehead atoms. The zero-order valence-electron chi connectivity index (χ0n) is 15.0. The van der Waals surface area contributed by atoms with Gasteiger partial charge in [0, 0.05) is 36.7 Å². The van der Waals surface area contributed by atoms with Crippen LogP contribution in [0.15, 0.2) is 30.5 Å². The van der Waals surface area contributed by atoms with E-state index < -0.39 is 0 Å². The van der Waals surface area contributed by atoms with Crippen LogP contribution in [0.2, 0.25) is 0 Å². The van der Waals surface area contributed by atoms with E-state index in [0.717, 1.165) is 30.5 Å². The first kappa shape index (κ1) is 18.1. The molecule has 128 valence electrons. The highest BCUT2D eigenvalue weighted by Gasteiger charge is 2.17. The molecule has 24 heavy (non-hydrogen) atoms. The minimum atomic E-state index is 0.116. The minimum Gasteiger partial charge on any atom is -0.347 e. The summed E-state index contributed by atoms with van der Waals surface area (Å²) in [4.78, 5) is 14.6. The lowest BCUT2D eigenvalue weighted by molar-refractivity contribution is -0.130. The highest BCUT2D eigenvalue weighted by Crippen LogP contribution is 2.22. The smallest absolute Gasteiger partial charge is 0.227 e. The summed E-state index contributed by atoms with van der Waals surface area (Å²) in [6, 6.07) is 10.4. The molecule has 1 heterocycles. The van der Waals surface area contributed by atoms with Crippen molar-refractivity contribution in [2.24, 2.45) is 5.92 Å². The van der Waals surface area contributed by atoms with Crippen LogP contribution in [0, 0.1) is 17.2 Å². The Morgan fingerprint density at radius 3 is 2.71 bits per heavy atom. The minimum absolute atomic E-state index is 0.116. The molecule has 2 rings (SSSR count). The Hall–Kier alpha value is -2.28. The zero-order chi connectivity index (χ0) is 17.5. The number of aryl methyl sites for hydroxylation is 1. The van der Waals surface area contributed by atoms with Gasteiger partial charge in [-0.2, -0.15) is 5.26 Å². The number of carbonyl (C=O) groups is 1.